The molecule has 144 valence electrons. The van der Waals surface area contributed by atoms with E-state index in [1.807, 2.05) is 0 Å². The number of carbonyl (C=O) groups excluding carboxylic acids is 4. The molecule has 7 nitrogen and oxygen atoms in total. The van der Waals surface area contributed by atoms with Gasteiger partial charge < -0.3 is 15.4 Å². The maximum atomic E-state index is 11.7. The summed E-state index contributed by atoms with van der Waals surface area (Å²) >= 11 is 0. The summed E-state index contributed by atoms with van der Waals surface area (Å²) in [5, 5.41) is 5.29. The monoisotopic (exact) mass is 408 g/mol. The first-order valence-electron chi connectivity index (χ1n) is 7.99. The van der Waals surface area contributed by atoms with E-state index in [0.717, 1.165) is 0 Å². The van der Waals surface area contributed by atoms with Crippen molar-refractivity contribution in [3.8, 4) is 18.1 Å². The van der Waals surface area contributed by atoms with Crippen LogP contribution in [-0.4, -0.2) is 55.6 Å². The summed E-state index contributed by atoms with van der Waals surface area (Å²) in [5.41, 5.74) is 0.481. The summed E-state index contributed by atoms with van der Waals surface area (Å²) in [6, 6.07) is 4.40. The average Bonchev–Trinajstić information content (AvgIpc) is 2.69. The first-order valence-corrected chi connectivity index (χ1v) is 10.5. The SMILES string of the molecule is C#CCNC(=O)CCSSCCNC(=O)COc1ccc(C=O)c(C=O)c1. The minimum Gasteiger partial charge on any atom is -0.484 e. The van der Waals surface area contributed by atoms with Crippen molar-refractivity contribution in [3.05, 3.63) is 29.3 Å². The van der Waals surface area contributed by atoms with Gasteiger partial charge in [0.15, 0.2) is 19.2 Å². The van der Waals surface area contributed by atoms with Crippen molar-refractivity contribution in [3.63, 3.8) is 0 Å². The van der Waals surface area contributed by atoms with Crippen LogP contribution in [0.2, 0.25) is 0 Å². The van der Waals surface area contributed by atoms with Crippen LogP contribution >= 0.6 is 21.6 Å². The second-order valence-corrected chi connectivity index (χ2v) is 7.74. The van der Waals surface area contributed by atoms with Crippen LogP contribution in [0.1, 0.15) is 27.1 Å². The number of aldehydes is 2. The van der Waals surface area contributed by atoms with E-state index in [0.29, 0.717) is 42.8 Å². The fourth-order valence-electron chi connectivity index (χ4n) is 1.77. The molecule has 0 fully saturated rings. The lowest BCUT2D eigenvalue weighted by Crippen LogP contribution is -2.30. The highest BCUT2D eigenvalue weighted by atomic mass is 33.1. The number of rotatable bonds is 13. The number of hydrogen-bond acceptors (Lipinski definition) is 7. The summed E-state index contributed by atoms with van der Waals surface area (Å²) in [7, 11) is 3.10. The molecule has 27 heavy (non-hydrogen) atoms. The van der Waals surface area contributed by atoms with Crippen LogP contribution in [0, 0.1) is 12.3 Å². The minimum atomic E-state index is -0.290. The van der Waals surface area contributed by atoms with Crippen molar-refractivity contribution >= 4 is 46.0 Å². The smallest absolute Gasteiger partial charge is 0.257 e. The average molecular weight is 409 g/mol. The Morgan fingerprint density at radius 2 is 1.81 bits per heavy atom. The van der Waals surface area contributed by atoms with E-state index in [1.165, 1.54) is 18.2 Å². The van der Waals surface area contributed by atoms with E-state index in [9.17, 15) is 19.2 Å². The Morgan fingerprint density at radius 3 is 2.52 bits per heavy atom. The third kappa shape index (κ3) is 9.72. The lowest BCUT2D eigenvalue weighted by molar-refractivity contribution is -0.123. The number of nitrogens with one attached hydrogen (secondary N) is 2. The van der Waals surface area contributed by atoms with Gasteiger partial charge >= 0.3 is 0 Å². The zero-order valence-corrected chi connectivity index (χ0v) is 16.2. The fourth-order valence-corrected chi connectivity index (χ4v) is 3.67. The number of benzene rings is 1. The first-order chi connectivity index (χ1) is 13.1. The summed E-state index contributed by atoms with van der Waals surface area (Å²) < 4.78 is 5.31. The van der Waals surface area contributed by atoms with E-state index in [1.54, 1.807) is 21.6 Å². The predicted molar refractivity (Wildman–Crippen MR) is 107 cm³/mol. The van der Waals surface area contributed by atoms with E-state index in [2.05, 4.69) is 16.6 Å². The highest BCUT2D eigenvalue weighted by Crippen LogP contribution is 2.21. The van der Waals surface area contributed by atoms with E-state index >= 15 is 0 Å². The van der Waals surface area contributed by atoms with Crippen molar-refractivity contribution in [1.82, 2.24) is 10.6 Å². The molecular formula is C18H20N2O5S2. The molecule has 1 aromatic rings. The summed E-state index contributed by atoms with van der Waals surface area (Å²) in [6.07, 6.45) is 6.58. The second-order valence-electron chi connectivity index (χ2n) is 5.04. The third-order valence-electron chi connectivity index (χ3n) is 3.07. The van der Waals surface area contributed by atoms with E-state index < -0.39 is 0 Å². The van der Waals surface area contributed by atoms with Gasteiger partial charge in [0.25, 0.3) is 5.91 Å². The van der Waals surface area contributed by atoms with Gasteiger partial charge in [-0.05, 0) is 18.2 Å². The van der Waals surface area contributed by atoms with Gasteiger partial charge in [-0.15, -0.1) is 6.42 Å². The molecule has 0 radical (unpaired) electrons. The molecule has 0 aliphatic heterocycles. The van der Waals surface area contributed by atoms with Gasteiger partial charge in [-0.25, -0.2) is 0 Å². The number of hydrogen-bond donors (Lipinski definition) is 2. The Balaban J connectivity index is 2.13. The zero-order chi connectivity index (χ0) is 19.9. The molecule has 2 N–H and O–H groups in total. The maximum absolute atomic E-state index is 11.7. The molecular weight excluding hydrogens is 388 g/mol. The lowest BCUT2D eigenvalue weighted by atomic mass is 10.1. The van der Waals surface area contributed by atoms with Crippen molar-refractivity contribution in [1.29, 1.82) is 0 Å². The summed E-state index contributed by atoms with van der Waals surface area (Å²) in [5.74, 6) is 3.65. The summed E-state index contributed by atoms with van der Waals surface area (Å²) in [6.45, 7) is 0.515. The van der Waals surface area contributed by atoms with E-state index in [4.69, 9.17) is 11.2 Å². The van der Waals surface area contributed by atoms with Gasteiger partial charge in [-0.3, -0.25) is 19.2 Å². The van der Waals surface area contributed by atoms with Crippen LogP contribution in [0.5, 0.6) is 5.75 Å². The highest BCUT2D eigenvalue weighted by molar-refractivity contribution is 8.76. The standard InChI is InChI=1S/C18H20N2O5S2/c1-2-6-19-17(23)5-8-26-27-9-7-20-18(24)13-25-16-4-3-14(11-21)15(10-16)12-22/h1,3-4,10-12H,5-9,13H2,(H,19,23)(H,20,24). The topological polar surface area (TPSA) is 102 Å². The van der Waals surface area contributed by atoms with Crippen LogP contribution < -0.4 is 15.4 Å². The highest BCUT2D eigenvalue weighted by Gasteiger charge is 2.06. The molecule has 0 saturated carbocycles. The van der Waals surface area contributed by atoms with Crippen LogP contribution in [0.4, 0.5) is 0 Å². The molecule has 0 heterocycles. The molecule has 0 saturated heterocycles. The Bertz CT molecular complexity index is 703. The molecule has 9 heteroatoms. The van der Waals surface area contributed by atoms with Crippen molar-refractivity contribution < 1.29 is 23.9 Å². The number of ether oxygens (including phenoxy) is 1. The minimum absolute atomic E-state index is 0.0783. The largest absolute Gasteiger partial charge is 0.484 e. The first kappa shape index (κ1) is 22.6. The number of terminal acetylenes is 1. The third-order valence-corrected chi connectivity index (χ3v) is 5.48. The molecule has 0 aliphatic rings. The van der Waals surface area contributed by atoms with Gasteiger partial charge in [-0.1, -0.05) is 27.5 Å². The van der Waals surface area contributed by atoms with Crippen LogP contribution in [0.3, 0.4) is 0 Å². The molecule has 0 bridgehead atoms. The van der Waals surface area contributed by atoms with Gasteiger partial charge in [0.2, 0.25) is 5.91 Å². The Kier molecular flexibility index (Phi) is 11.5. The van der Waals surface area contributed by atoms with Crippen molar-refractivity contribution in [2.75, 3.05) is 31.2 Å². The molecule has 0 spiro atoms. The number of carbonyl (C=O) groups is 4. The molecule has 1 rings (SSSR count). The molecule has 2 amide bonds. The van der Waals surface area contributed by atoms with Gasteiger partial charge in [0.05, 0.1) is 6.54 Å². The Hall–Kier alpha value is -2.44. The van der Waals surface area contributed by atoms with Crippen LogP contribution in [0.25, 0.3) is 0 Å². The molecule has 0 aliphatic carbocycles. The zero-order valence-electron chi connectivity index (χ0n) is 14.6. The molecule has 0 aromatic heterocycles. The fraction of sp³-hybridized carbons (Fsp3) is 0.333. The van der Waals surface area contributed by atoms with Crippen molar-refractivity contribution in [2.24, 2.45) is 0 Å². The Morgan fingerprint density at radius 1 is 1.07 bits per heavy atom. The van der Waals surface area contributed by atoms with Gasteiger partial charge in [0.1, 0.15) is 5.75 Å². The quantitative estimate of drug-likeness (QED) is 0.220. The Labute approximate surface area is 165 Å². The molecule has 1 aromatic carbocycles. The lowest BCUT2D eigenvalue weighted by Gasteiger charge is -2.08. The molecule has 0 atom stereocenters. The summed E-state index contributed by atoms with van der Waals surface area (Å²) in [4.78, 5) is 44.7. The number of amides is 2. The predicted octanol–water partition coefficient (Wildman–Crippen LogP) is 1.33. The van der Waals surface area contributed by atoms with Gasteiger partial charge in [-0.2, -0.15) is 0 Å². The maximum Gasteiger partial charge on any atom is 0.257 e. The van der Waals surface area contributed by atoms with Crippen LogP contribution in [0.15, 0.2) is 18.2 Å². The second kappa shape index (κ2) is 13.7. The van der Waals surface area contributed by atoms with Gasteiger partial charge in [0, 0.05) is 35.6 Å². The molecule has 0 unspecified atom stereocenters. The normalized spacial score (nSPS) is 9.74. The van der Waals surface area contributed by atoms with E-state index in [-0.39, 0.29) is 36.1 Å². The van der Waals surface area contributed by atoms with Crippen LogP contribution in [-0.2, 0) is 9.59 Å². The van der Waals surface area contributed by atoms with Crippen molar-refractivity contribution in [2.45, 2.75) is 6.42 Å².